The molecule has 1 aromatic carbocycles. The molecule has 4 heteroatoms. The van der Waals surface area contributed by atoms with Crippen molar-refractivity contribution in [1.82, 2.24) is 14.5 Å². The summed E-state index contributed by atoms with van der Waals surface area (Å²) in [4.78, 5) is 9.05. The second-order valence-corrected chi connectivity index (χ2v) is 5.60. The van der Waals surface area contributed by atoms with Gasteiger partial charge in [0.25, 0.3) is 0 Å². The van der Waals surface area contributed by atoms with Gasteiger partial charge in [-0.2, -0.15) is 5.26 Å². The van der Waals surface area contributed by atoms with Gasteiger partial charge in [-0.3, -0.25) is 4.98 Å². The van der Waals surface area contributed by atoms with Crippen LogP contribution in [0.3, 0.4) is 0 Å². The van der Waals surface area contributed by atoms with Crippen molar-refractivity contribution in [3.8, 4) is 17.5 Å². The van der Waals surface area contributed by atoms with E-state index in [0.29, 0.717) is 11.6 Å². The Labute approximate surface area is 122 Å². The number of hydrogen-bond donors (Lipinski definition) is 0. The second kappa shape index (κ2) is 4.42. The van der Waals surface area contributed by atoms with E-state index in [1.807, 2.05) is 37.5 Å². The van der Waals surface area contributed by atoms with E-state index in [1.54, 1.807) is 0 Å². The van der Waals surface area contributed by atoms with Crippen LogP contribution in [0.25, 0.3) is 22.4 Å². The van der Waals surface area contributed by atoms with Gasteiger partial charge < -0.3 is 4.57 Å². The van der Waals surface area contributed by atoms with Crippen LogP contribution in [0, 0.1) is 18.3 Å². The number of benzene rings is 1. The minimum absolute atomic E-state index is 0.526. The van der Waals surface area contributed by atoms with Gasteiger partial charge in [-0.25, -0.2) is 4.98 Å². The quantitative estimate of drug-likeness (QED) is 0.717. The van der Waals surface area contributed by atoms with E-state index in [2.05, 4.69) is 21.7 Å². The lowest BCUT2D eigenvalue weighted by molar-refractivity contribution is 0.774. The molecule has 0 amide bonds. The molecular weight excluding hydrogens is 260 g/mol. The highest BCUT2D eigenvalue weighted by Crippen LogP contribution is 2.41. The van der Waals surface area contributed by atoms with E-state index < -0.39 is 0 Å². The molecule has 4 nitrogen and oxygen atoms in total. The van der Waals surface area contributed by atoms with Crippen LogP contribution in [-0.4, -0.2) is 14.5 Å². The van der Waals surface area contributed by atoms with Crippen LogP contribution in [0.15, 0.2) is 36.7 Å². The molecule has 4 rings (SSSR count). The monoisotopic (exact) mass is 274 g/mol. The molecule has 3 aromatic rings. The van der Waals surface area contributed by atoms with Crippen LogP contribution in [-0.2, 0) is 0 Å². The first-order chi connectivity index (χ1) is 10.3. The van der Waals surface area contributed by atoms with Gasteiger partial charge in [0.1, 0.15) is 5.82 Å². The molecule has 0 bridgehead atoms. The van der Waals surface area contributed by atoms with Gasteiger partial charge in [0.05, 0.1) is 22.7 Å². The lowest BCUT2D eigenvalue weighted by Gasteiger charge is -2.07. The maximum Gasteiger partial charge on any atom is 0.142 e. The zero-order chi connectivity index (χ0) is 14.4. The van der Waals surface area contributed by atoms with Gasteiger partial charge in [-0.1, -0.05) is 0 Å². The Morgan fingerprint density at radius 3 is 2.81 bits per heavy atom. The number of aromatic nitrogens is 3. The first-order valence-corrected chi connectivity index (χ1v) is 7.10. The van der Waals surface area contributed by atoms with Crippen molar-refractivity contribution in [2.24, 2.45) is 0 Å². The predicted molar refractivity (Wildman–Crippen MR) is 80.7 cm³/mol. The van der Waals surface area contributed by atoms with Gasteiger partial charge in [-0.15, -0.1) is 0 Å². The standard InChI is InChI=1S/C17H14N4/c1-11-6-13(10-19-9-11)17-20-15-7-12(8-18)2-5-16(15)21(17)14-3-4-14/h2,5-7,9-10,14H,3-4H2,1H3. The second-order valence-electron chi connectivity index (χ2n) is 5.60. The zero-order valence-electron chi connectivity index (χ0n) is 11.7. The summed E-state index contributed by atoms with van der Waals surface area (Å²) in [6.45, 7) is 2.04. The molecule has 102 valence electrons. The van der Waals surface area contributed by atoms with Crippen molar-refractivity contribution in [2.75, 3.05) is 0 Å². The van der Waals surface area contributed by atoms with Crippen molar-refractivity contribution in [1.29, 1.82) is 5.26 Å². The maximum absolute atomic E-state index is 9.05. The number of aryl methyl sites for hydroxylation is 1. The highest BCUT2D eigenvalue weighted by Gasteiger charge is 2.28. The molecule has 1 aliphatic rings. The van der Waals surface area contributed by atoms with E-state index >= 15 is 0 Å². The Morgan fingerprint density at radius 1 is 1.24 bits per heavy atom. The third kappa shape index (κ3) is 1.98. The Balaban J connectivity index is 1.99. The highest BCUT2D eigenvalue weighted by molar-refractivity contribution is 5.82. The van der Waals surface area contributed by atoms with Crippen molar-refractivity contribution in [2.45, 2.75) is 25.8 Å². The largest absolute Gasteiger partial charge is 0.321 e. The first kappa shape index (κ1) is 12.1. The van der Waals surface area contributed by atoms with Gasteiger partial charge in [-0.05, 0) is 49.6 Å². The van der Waals surface area contributed by atoms with Crippen molar-refractivity contribution in [3.05, 3.63) is 47.8 Å². The number of nitriles is 1. The van der Waals surface area contributed by atoms with E-state index in [9.17, 15) is 0 Å². The number of nitrogens with zero attached hydrogens (tertiary/aromatic N) is 4. The van der Waals surface area contributed by atoms with Crippen LogP contribution in [0.4, 0.5) is 0 Å². The molecule has 0 unspecified atom stereocenters. The summed E-state index contributed by atoms with van der Waals surface area (Å²) in [5.74, 6) is 0.957. The molecule has 0 atom stereocenters. The van der Waals surface area contributed by atoms with Crippen LogP contribution < -0.4 is 0 Å². The Hall–Kier alpha value is -2.67. The average Bonchev–Trinajstić information content (AvgIpc) is 3.26. The fourth-order valence-corrected chi connectivity index (χ4v) is 2.75. The van der Waals surface area contributed by atoms with E-state index in [0.717, 1.165) is 28.0 Å². The normalized spacial score (nSPS) is 14.3. The molecule has 2 heterocycles. The van der Waals surface area contributed by atoms with Crippen LogP contribution in [0.2, 0.25) is 0 Å². The fourth-order valence-electron chi connectivity index (χ4n) is 2.75. The number of pyridine rings is 1. The summed E-state index contributed by atoms with van der Waals surface area (Å²) in [6, 6.07) is 10.5. The summed E-state index contributed by atoms with van der Waals surface area (Å²) >= 11 is 0. The van der Waals surface area contributed by atoms with E-state index in [-0.39, 0.29) is 0 Å². The summed E-state index contributed by atoms with van der Waals surface area (Å²) < 4.78 is 2.30. The molecule has 1 fully saturated rings. The Morgan fingerprint density at radius 2 is 2.10 bits per heavy atom. The minimum Gasteiger partial charge on any atom is -0.321 e. The first-order valence-electron chi connectivity index (χ1n) is 7.10. The molecule has 2 aromatic heterocycles. The predicted octanol–water partition coefficient (Wildman–Crippen LogP) is 3.61. The maximum atomic E-state index is 9.05. The number of fused-ring (bicyclic) bond motifs is 1. The third-order valence-electron chi connectivity index (χ3n) is 3.86. The molecule has 0 N–H and O–H groups in total. The molecule has 1 saturated carbocycles. The minimum atomic E-state index is 0.526. The SMILES string of the molecule is Cc1cncc(-c2nc3cc(C#N)ccc3n2C2CC2)c1. The lowest BCUT2D eigenvalue weighted by atomic mass is 10.2. The molecule has 0 spiro atoms. The zero-order valence-corrected chi connectivity index (χ0v) is 11.7. The number of hydrogen-bond acceptors (Lipinski definition) is 3. The highest BCUT2D eigenvalue weighted by atomic mass is 15.1. The molecule has 0 radical (unpaired) electrons. The van der Waals surface area contributed by atoms with Crippen LogP contribution in [0.1, 0.15) is 30.0 Å². The molecular formula is C17H14N4. The van der Waals surface area contributed by atoms with Crippen LogP contribution in [0.5, 0.6) is 0 Å². The van der Waals surface area contributed by atoms with E-state index in [1.165, 1.54) is 12.8 Å². The number of rotatable bonds is 2. The third-order valence-corrected chi connectivity index (χ3v) is 3.86. The topological polar surface area (TPSA) is 54.5 Å². The Bertz CT molecular complexity index is 881. The summed E-state index contributed by atoms with van der Waals surface area (Å²) in [6.07, 6.45) is 6.09. The average molecular weight is 274 g/mol. The Kier molecular flexibility index (Phi) is 2.55. The number of imidazole rings is 1. The van der Waals surface area contributed by atoms with E-state index in [4.69, 9.17) is 10.2 Å². The molecule has 0 aliphatic heterocycles. The van der Waals surface area contributed by atoms with Crippen molar-refractivity contribution in [3.63, 3.8) is 0 Å². The van der Waals surface area contributed by atoms with Gasteiger partial charge in [0, 0.05) is 24.0 Å². The molecule has 1 aliphatic carbocycles. The van der Waals surface area contributed by atoms with Crippen molar-refractivity contribution >= 4 is 11.0 Å². The van der Waals surface area contributed by atoms with Crippen LogP contribution >= 0.6 is 0 Å². The smallest absolute Gasteiger partial charge is 0.142 e. The van der Waals surface area contributed by atoms with Crippen molar-refractivity contribution < 1.29 is 0 Å². The summed E-state index contributed by atoms with van der Waals surface area (Å²) in [5, 5.41) is 9.05. The summed E-state index contributed by atoms with van der Waals surface area (Å²) in [5.41, 5.74) is 4.80. The summed E-state index contributed by atoms with van der Waals surface area (Å²) in [7, 11) is 0. The van der Waals surface area contributed by atoms with Gasteiger partial charge >= 0.3 is 0 Å². The van der Waals surface area contributed by atoms with Gasteiger partial charge in [0.2, 0.25) is 0 Å². The molecule has 21 heavy (non-hydrogen) atoms. The fraction of sp³-hybridized carbons (Fsp3) is 0.235. The molecule has 0 saturated heterocycles. The lowest BCUT2D eigenvalue weighted by Crippen LogP contribution is -1.98. The van der Waals surface area contributed by atoms with Gasteiger partial charge in [0.15, 0.2) is 0 Å².